The number of halogens is 3. The first kappa shape index (κ1) is 19.2. The predicted octanol–water partition coefficient (Wildman–Crippen LogP) is 5.76. The molecule has 5 rings (SSSR count). The molecule has 2 N–H and O–H groups in total. The molecule has 0 aliphatic carbocycles. The van der Waals surface area contributed by atoms with Crippen LogP contribution in [0.5, 0.6) is 0 Å². The molecule has 2 amide bonds. The summed E-state index contributed by atoms with van der Waals surface area (Å²) in [5.74, 6) is -1.95. The van der Waals surface area contributed by atoms with Crippen LogP contribution in [0.25, 0.3) is 10.9 Å². The van der Waals surface area contributed by atoms with E-state index in [1.807, 2.05) is 24.3 Å². The van der Waals surface area contributed by atoms with Crippen LogP contribution < -0.4 is 5.32 Å². The highest BCUT2D eigenvalue weighted by molar-refractivity contribution is 5.91. The van der Waals surface area contributed by atoms with Gasteiger partial charge in [-0.1, -0.05) is 30.3 Å². The minimum absolute atomic E-state index is 0.105. The molecule has 156 valence electrons. The Labute approximate surface area is 176 Å². The van der Waals surface area contributed by atoms with Gasteiger partial charge in [-0.05, 0) is 47.9 Å². The molecule has 0 radical (unpaired) electrons. The molecule has 1 aliphatic rings. The number of rotatable bonds is 2. The van der Waals surface area contributed by atoms with Crippen LogP contribution >= 0.6 is 0 Å². The maximum Gasteiger partial charge on any atom is 0.322 e. The number of aromatic amines is 1. The second-order valence-corrected chi connectivity index (χ2v) is 7.51. The molecular formula is C24H18F3N3O. The van der Waals surface area contributed by atoms with E-state index in [4.69, 9.17) is 0 Å². The second kappa shape index (κ2) is 7.50. The lowest BCUT2D eigenvalue weighted by molar-refractivity contribution is 0.193. The molecule has 1 aliphatic heterocycles. The molecule has 1 unspecified atom stereocenters. The van der Waals surface area contributed by atoms with Crippen molar-refractivity contribution in [1.82, 2.24) is 9.88 Å². The molecule has 0 saturated heterocycles. The maximum absolute atomic E-state index is 14.1. The summed E-state index contributed by atoms with van der Waals surface area (Å²) in [5, 5.41) is 3.62. The summed E-state index contributed by atoms with van der Waals surface area (Å²) in [5.41, 5.74) is 3.51. The zero-order valence-corrected chi connectivity index (χ0v) is 16.3. The van der Waals surface area contributed by atoms with E-state index in [9.17, 15) is 18.0 Å². The van der Waals surface area contributed by atoms with E-state index in [0.717, 1.165) is 39.9 Å². The van der Waals surface area contributed by atoms with Crippen LogP contribution in [-0.2, 0) is 6.42 Å². The number of aromatic nitrogens is 1. The molecule has 4 aromatic rings. The second-order valence-electron chi connectivity index (χ2n) is 7.51. The van der Waals surface area contributed by atoms with Crippen molar-refractivity contribution in [2.75, 3.05) is 11.9 Å². The normalized spacial score (nSPS) is 15.7. The largest absolute Gasteiger partial charge is 0.356 e. The van der Waals surface area contributed by atoms with Gasteiger partial charge in [-0.25, -0.2) is 18.0 Å². The Hall–Kier alpha value is -3.74. The van der Waals surface area contributed by atoms with Gasteiger partial charge in [0.25, 0.3) is 0 Å². The molecular weight excluding hydrogens is 403 g/mol. The van der Waals surface area contributed by atoms with E-state index in [2.05, 4.69) is 10.3 Å². The SMILES string of the molecule is O=C(Nc1ccc(F)cc1F)N1CCc2c([nH]c3ccccc23)C1c1ccc(F)cc1. The first-order valence-electron chi connectivity index (χ1n) is 9.89. The van der Waals surface area contributed by atoms with Crippen LogP contribution in [0, 0.1) is 17.5 Å². The van der Waals surface area contributed by atoms with Crippen molar-refractivity contribution in [1.29, 1.82) is 0 Å². The number of fused-ring (bicyclic) bond motifs is 3. The zero-order valence-electron chi connectivity index (χ0n) is 16.3. The van der Waals surface area contributed by atoms with Crippen molar-refractivity contribution in [3.05, 3.63) is 101 Å². The topological polar surface area (TPSA) is 48.1 Å². The Kier molecular flexibility index (Phi) is 4.66. The fourth-order valence-electron chi connectivity index (χ4n) is 4.23. The lowest BCUT2D eigenvalue weighted by Gasteiger charge is -2.36. The van der Waals surface area contributed by atoms with Crippen LogP contribution in [-0.4, -0.2) is 22.5 Å². The highest BCUT2D eigenvalue weighted by atomic mass is 19.1. The van der Waals surface area contributed by atoms with Crippen molar-refractivity contribution >= 4 is 22.6 Å². The number of urea groups is 1. The lowest BCUT2D eigenvalue weighted by atomic mass is 9.92. The van der Waals surface area contributed by atoms with Gasteiger partial charge >= 0.3 is 6.03 Å². The van der Waals surface area contributed by atoms with Gasteiger partial charge in [-0.2, -0.15) is 0 Å². The van der Waals surface area contributed by atoms with Crippen LogP contribution in [0.3, 0.4) is 0 Å². The van der Waals surface area contributed by atoms with Crippen LogP contribution in [0.2, 0.25) is 0 Å². The Bertz CT molecular complexity index is 1280. The molecule has 31 heavy (non-hydrogen) atoms. The van der Waals surface area contributed by atoms with Gasteiger partial charge in [0.05, 0.1) is 11.7 Å². The van der Waals surface area contributed by atoms with Crippen LogP contribution in [0.1, 0.15) is 22.9 Å². The van der Waals surface area contributed by atoms with E-state index in [1.165, 1.54) is 18.2 Å². The predicted molar refractivity (Wildman–Crippen MR) is 112 cm³/mol. The van der Waals surface area contributed by atoms with Crippen LogP contribution in [0.4, 0.5) is 23.7 Å². The fourth-order valence-corrected chi connectivity index (χ4v) is 4.23. The molecule has 1 atom stereocenters. The first-order chi connectivity index (χ1) is 15.0. The summed E-state index contributed by atoms with van der Waals surface area (Å²) in [6.07, 6.45) is 0.608. The van der Waals surface area contributed by atoms with Crippen molar-refractivity contribution < 1.29 is 18.0 Å². The zero-order chi connectivity index (χ0) is 21.5. The highest BCUT2D eigenvalue weighted by Gasteiger charge is 2.34. The summed E-state index contributed by atoms with van der Waals surface area (Å²) in [6.45, 7) is 0.380. The summed E-state index contributed by atoms with van der Waals surface area (Å²) in [7, 11) is 0. The third-order valence-corrected chi connectivity index (χ3v) is 5.65. The molecule has 2 heterocycles. The number of nitrogens with one attached hydrogen (secondary N) is 2. The highest BCUT2D eigenvalue weighted by Crippen LogP contribution is 2.38. The van der Waals surface area contributed by atoms with Gasteiger partial charge in [0.1, 0.15) is 17.5 Å². The molecule has 0 fully saturated rings. The summed E-state index contributed by atoms with van der Waals surface area (Å²) in [6, 6.07) is 15.8. The monoisotopic (exact) mass is 421 g/mol. The van der Waals surface area contributed by atoms with E-state index in [0.29, 0.717) is 13.0 Å². The molecule has 0 spiro atoms. The van der Waals surface area contributed by atoms with Crippen molar-refractivity contribution in [2.45, 2.75) is 12.5 Å². The average molecular weight is 421 g/mol. The summed E-state index contributed by atoms with van der Waals surface area (Å²) >= 11 is 0. The number of H-pyrrole nitrogens is 1. The van der Waals surface area contributed by atoms with Gasteiger partial charge in [0.15, 0.2) is 0 Å². The number of amides is 2. The van der Waals surface area contributed by atoms with E-state index in [-0.39, 0.29) is 11.5 Å². The fraction of sp³-hybridized carbons (Fsp3) is 0.125. The maximum atomic E-state index is 14.1. The molecule has 0 saturated carbocycles. The lowest BCUT2D eigenvalue weighted by Crippen LogP contribution is -2.43. The van der Waals surface area contributed by atoms with Gasteiger partial charge in [-0.15, -0.1) is 0 Å². The third kappa shape index (κ3) is 3.42. The van der Waals surface area contributed by atoms with E-state index in [1.54, 1.807) is 17.0 Å². The molecule has 1 aromatic heterocycles. The van der Waals surface area contributed by atoms with Gasteiger partial charge < -0.3 is 15.2 Å². The number of para-hydroxylation sites is 1. The van der Waals surface area contributed by atoms with Crippen molar-refractivity contribution in [2.24, 2.45) is 0 Å². The van der Waals surface area contributed by atoms with Crippen molar-refractivity contribution in [3.63, 3.8) is 0 Å². The van der Waals surface area contributed by atoms with Gasteiger partial charge in [-0.3, -0.25) is 0 Å². The Morgan fingerprint density at radius 2 is 1.71 bits per heavy atom. The molecule has 4 nitrogen and oxygen atoms in total. The number of carbonyl (C=O) groups excluding carboxylic acids is 1. The number of anilines is 1. The van der Waals surface area contributed by atoms with Crippen molar-refractivity contribution in [3.8, 4) is 0 Å². The number of nitrogens with zero attached hydrogens (tertiary/aromatic N) is 1. The smallest absolute Gasteiger partial charge is 0.322 e. The number of hydrogen-bond acceptors (Lipinski definition) is 1. The standard InChI is InChI=1S/C24H18F3N3O/c25-15-7-5-14(6-8-15)23-22-18(17-3-1-2-4-20(17)28-22)11-12-30(23)24(31)29-21-10-9-16(26)13-19(21)27/h1-10,13,23,28H,11-12H2,(H,29,31). The van der Waals surface area contributed by atoms with Gasteiger partial charge in [0, 0.05) is 29.2 Å². The summed E-state index contributed by atoms with van der Waals surface area (Å²) < 4.78 is 40.9. The Morgan fingerprint density at radius 3 is 2.48 bits per heavy atom. The molecule has 0 bridgehead atoms. The minimum atomic E-state index is -0.852. The quantitative estimate of drug-likeness (QED) is 0.424. The van der Waals surface area contributed by atoms with Gasteiger partial charge in [0.2, 0.25) is 0 Å². The molecule has 3 aromatic carbocycles. The third-order valence-electron chi connectivity index (χ3n) is 5.65. The number of carbonyl (C=O) groups is 1. The molecule has 7 heteroatoms. The Morgan fingerprint density at radius 1 is 0.968 bits per heavy atom. The van der Waals surface area contributed by atoms with Crippen LogP contribution in [0.15, 0.2) is 66.7 Å². The average Bonchev–Trinajstić information content (AvgIpc) is 3.14. The number of benzene rings is 3. The first-order valence-corrected chi connectivity index (χ1v) is 9.89. The Balaban J connectivity index is 1.57. The number of hydrogen-bond donors (Lipinski definition) is 2. The minimum Gasteiger partial charge on any atom is -0.356 e. The van der Waals surface area contributed by atoms with E-state index < -0.39 is 23.7 Å². The summed E-state index contributed by atoms with van der Waals surface area (Å²) in [4.78, 5) is 18.1. The van der Waals surface area contributed by atoms with E-state index >= 15 is 0 Å².